The zero-order chi connectivity index (χ0) is 13.9. The number of amides is 1. The van der Waals surface area contributed by atoms with Crippen molar-refractivity contribution in [3.05, 3.63) is 16.1 Å². The first-order chi connectivity index (χ1) is 9.00. The van der Waals surface area contributed by atoms with Crippen molar-refractivity contribution in [3.8, 4) is 0 Å². The van der Waals surface area contributed by atoms with Crippen LogP contribution in [0.4, 0.5) is 0 Å². The zero-order valence-electron chi connectivity index (χ0n) is 11.1. The maximum Gasteiger partial charge on any atom is 0.270 e. The number of rotatable bonds is 5. The smallest absolute Gasteiger partial charge is 0.270 e. The maximum atomic E-state index is 11.9. The van der Waals surface area contributed by atoms with E-state index in [4.69, 9.17) is 15.2 Å². The molecule has 106 valence electrons. The van der Waals surface area contributed by atoms with Crippen LogP contribution in [-0.4, -0.2) is 42.5 Å². The molecule has 1 aliphatic heterocycles. The summed E-state index contributed by atoms with van der Waals surface area (Å²) in [7, 11) is 0. The summed E-state index contributed by atoms with van der Waals surface area (Å²) in [6, 6.07) is 0. The number of aromatic nitrogens is 1. The van der Waals surface area contributed by atoms with Crippen molar-refractivity contribution in [1.82, 2.24) is 10.3 Å². The van der Waals surface area contributed by atoms with Gasteiger partial charge in [0.25, 0.3) is 5.91 Å². The molecule has 0 aliphatic carbocycles. The highest BCUT2D eigenvalue weighted by Crippen LogP contribution is 2.21. The first-order valence-corrected chi connectivity index (χ1v) is 7.12. The lowest BCUT2D eigenvalue weighted by Crippen LogP contribution is -2.34. The van der Waals surface area contributed by atoms with E-state index in [1.165, 1.54) is 11.3 Å². The van der Waals surface area contributed by atoms with Crippen LogP contribution in [0.3, 0.4) is 0 Å². The first kappa shape index (κ1) is 14.4. The molecule has 1 aliphatic rings. The number of nitrogens with one attached hydrogen (secondary N) is 1. The first-order valence-electron chi connectivity index (χ1n) is 6.24. The molecule has 1 aromatic heterocycles. The Kier molecular flexibility index (Phi) is 4.51. The highest BCUT2D eigenvalue weighted by molar-refractivity contribution is 7.09. The largest absolute Gasteiger partial charge is 0.348 e. The van der Waals surface area contributed by atoms with Crippen LogP contribution in [0.15, 0.2) is 5.38 Å². The molecule has 0 bridgehead atoms. The highest BCUT2D eigenvalue weighted by atomic mass is 32.1. The van der Waals surface area contributed by atoms with Crippen LogP contribution in [0.2, 0.25) is 0 Å². The molecule has 7 heteroatoms. The van der Waals surface area contributed by atoms with Crippen LogP contribution in [-0.2, 0) is 15.9 Å². The fraction of sp³-hybridized carbons (Fsp3) is 0.667. The fourth-order valence-electron chi connectivity index (χ4n) is 1.81. The van der Waals surface area contributed by atoms with Gasteiger partial charge in [-0.2, -0.15) is 0 Å². The predicted molar refractivity (Wildman–Crippen MR) is 72.1 cm³/mol. The van der Waals surface area contributed by atoms with E-state index in [2.05, 4.69) is 10.3 Å². The van der Waals surface area contributed by atoms with Crippen LogP contribution in [0, 0.1) is 0 Å². The molecule has 1 unspecified atom stereocenters. The lowest BCUT2D eigenvalue weighted by atomic mass is 10.3. The van der Waals surface area contributed by atoms with Gasteiger partial charge in [0.2, 0.25) is 0 Å². The van der Waals surface area contributed by atoms with Gasteiger partial charge in [-0.15, -0.1) is 11.3 Å². The Hall–Kier alpha value is -1.02. The summed E-state index contributed by atoms with van der Waals surface area (Å²) in [5.74, 6) is -0.752. The minimum Gasteiger partial charge on any atom is -0.348 e. The van der Waals surface area contributed by atoms with E-state index in [1.807, 2.05) is 13.8 Å². The van der Waals surface area contributed by atoms with Crippen molar-refractivity contribution in [1.29, 1.82) is 0 Å². The van der Waals surface area contributed by atoms with E-state index >= 15 is 0 Å². The number of carbonyl (C=O) groups excluding carboxylic acids is 1. The van der Waals surface area contributed by atoms with Gasteiger partial charge in [0.15, 0.2) is 5.79 Å². The quantitative estimate of drug-likeness (QED) is 0.824. The van der Waals surface area contributed by atoms with Crippen LogP contribution in [0.5, 0.6) is 0 Å². The number of nitrogens with zero attached hydrogens (tertiary/aromatic N) is 1. The third-order valence-corrected chi connectivity index (χ3v) is 3.61. The van der Waals surface area contributed by atoms with E-state index in [-0.39, 0.29) is 12.0 Å². The van der Waals surface area contributed by atoms with Crippen LogP contribution >= 0.6 is 11.3 Å². The predicted octanol–water partition coefficient (Wildman–Crippen LogP) is 0.526. The summed E-state index contributed by atoms with van der Waals surface area (Å²) in [5.41, 5.74) is 5.89. The second-order valence-electron chi connectivity index (χ2n) is 4.83. The number of ether oxygens (including phenoxy) is 2. The molecule has 2 rings (SSSR count). The van der Waals surface area contributed by atoms with E-state index in [0.29, 0.717) is 31.8 Å². The van der Waals surface area contributed by atoms with Crippen LogP contribution in [0.1, 0.15) is 29.3 Å². The molecule has 1 fully saturated rings. The normalized spacial score (nSPS) is 21.5. The average molecular weight is 285 g/mol. The fourth-order valence-corrected chi connectivity index (χ4v) is 2.61. The average Bonchev–Trinajstić information content (AvgIpc) is 2.93. The zero-order valence-corrected chi connectivity index (χ0v) is 12.0. The van der Waals surface area contributed by atoms with E-state index < -0.39 is 5.79 Å². The maximum absolute atomic E-state index is 11.9. The number of hydrogen-bond acceptors (Lipinski definition) is 6. The number of thiazole rings is 1. The van der Waals surface area contributed by atoms with Gasteiger partial charge in [0.1, 0.15) is 11.8 Å². The summed E-state index contributed by atoms with van der Waals surface area (Å²) >= 11 is 1.45. The lowest BCUT2D eigenvalue weighted by Gasteiger charge is -2.17. The van der Waals surface area contributed by atoms with Crippen molar-refractivity contribution >= 4 is 17.2 Å². The van der Waals surface area contributed by atoms with E-state index in [1.54, 1.807) is 5.38 Å². The van der Waals surface area contributed by atoms with Gasteiger partial charge in [-0.25, -0.2) is 4.98 Å². The van der Waals surface area contributed by atoms with E-state index in [0.717, 1.165) is 5.01 Å². The Bertz CT molecular complexity index is 447. The van der Waals surface area contributed by atoms with Crippen LogP contribution < -0.4 is 11.1 Å². The molecule has 0 aromatic carbocycles. The van der Waals surface area contributed by atoms with Gasteiger partial charge in [-0.05, 0) is 20.4 Å². The van der Waals surface area contributed by atoms with Crippen molar-refractivity contribution in [2.45, 2.75) is 32.2 Å². The molecule has 1 saturated heterocycles. The minimum absolute atomic E-state index is 0.110. The molecular weight excluding hydrogens is 266 g/mol. The number of nitrogens with two attached hydrogens (primary N) is 1. The second kappa shape index (κ2) is 5.96. The molecule has 0 radical (unpaired) electrons. The summed E-state index contributed by atoms with van der Waals surface area (Å²) < 4.78 is 11.0. The monoisotopic (exact) mass is 285 g/mol. The molecule has 1 atom stereocenters. The van der Waals surface area contributed by atoms with Gasteiger partial charge >= 0.3 is 0 Å². The molecule has 0 saturated carbocycles. The number of hydrogen-bond donors (Lipinski definition) is 2. The summed E-state index contributed by atoms with van der Waals surface area (Å²) in [5, 5.41) is 5.43. The van der Waals surface area contributed by atoms with Gasteiger partial charge in [-0.3, -0.25) is 4.79 Å². The molecule has 6 nitrogen and oxygen atoms in total. The highest BCUT2D eigenvalue weighted by Gasteiger charge is 2.32. The molecular formula is C12H19N3O3S. The molecule has 0 spiro atoms. The second-order valence-corrected chi connectivity index (χ2v) is 5.77. The SMILES string of the molecule is CC1(C)OCC(CNC(=O)c2csc(CCN)n2)O1. The third-order valence-electron chi connectivity index (χ3n) is 2.70. The summed E-state index contributed by atoms with van der Waals surface area (Å²) in [4.78, 5) is 16.1. The van der Waals surface area contributed by atoms with Gasteiger partial charge < -0.3 is 20.5 Å². The van der Waals surface area contributed by atoms with Crippen molar-refractivity contribution < 1.29 is 14.3 Å². The van der Waals surface area contributed by atoms with Crippen molar-refractivity contribution in [2.75, 3.05) is 19.7 Å². The van der Waals surface area contributed by atoms with Crippen molar-refractivity contribution in [3.63, 3.8) is 0 Å². The summed E-state index contributed by atoms with van der Waals surface area (Å²) in [6.45, 7) is 5.16. The van der Waals surface area contributed by atoms with Gasteiger partial charge in [0.05, 0.1) is 11.6 Å². The van der Waals surface area contributed by atoms with E-state index in [9.17, 15) is 4.79 Å². The molecule has 19 heavy (non-hydrogen) atoms. The molecule has 3 N–H and O–H groups in total. The molecule has 2 heterocycles. The standard InChI is InChI=1S/C12H19N3O3S/c1-12(2)17-6-8(18-12)5-14-11(16)9-7-19-10(15-9)3-4-13/h7-8H,3-6,13H2,1-2H3,(H,14,16). The molecule has 1 amide bonds. The lowest BCUT2D eigenvalue weighted by molar-refractivity contribution is -0.137. The van der Waals surface area contributed by atoms with Crippen LogP contribution in [0.25, 0.3) is 0 Å². The Morgan fingerprint density at radius 2 is 2.47 bits per heavy atom. The Balaban J connectivity index is 1.81. The number of carbonyl (C=O) groups is 1. The van der Waals surface area contributed by atoms with Gasteiger partial charge in [0, 0.05) is 18.3 Å². The Labute approximate surface area is 116 Å². The van der Waals surface area contributed by atoms with Gasteiger partial charge in [-0.1, -0.05) is 0 Å². The Morgan fingerprint density at radius 1 is 1.68 bits per heavy atom. The topological polar surface area (TPSA) is 86.5 Å². The minimum atomic E-state index is -0.565. The summed E-state index contributed by atoms with van der Waals surface area (Å²) in [6.07, 6.45) is 0.590. The molecule has 1 aromatic rings. The Morgan fingerprint density at radius 3 is 3.11 bits per heavy atom. The third kappa shape index (κ3) is 3.97. The van der Waals surface area contributed by atoms with Crippen molar-refractivity contribution in [2.24, 2.45) is 5.73 Å².